The molecule has 0 aliphatic carbocycles. The Balaban J connectivity index is 4.67. The minimum absolute atomic E-state index is 0.249. The molecule has 0 saturated carbocycles. The first-order valence-corrected chi connectivity index (χ1v) is 4.16. The highest BCUT2D eigenvalue weighted by Crippen LogP contribution is 2.18. The van der Waals surface area contributed by atoms with Crippen molar-refractivity contribution in [2.24, 2.45) is 0 Å². The van der Waals surface area contributed by atoms with Gasteiger partial charge in [-0.25, -0.2) is 0 Å². The van der Waals surface area contributed by atoms with Gasteiger partial charge in [-0.1, -0.05) is 6.08 Å². The highest BCUT2D eigenvalue weighted by atomic mass is 16.4. The summed E-state index contributed by atoms with van der Waals surface area (Å²) in [6, 6.07) is 0. The molecule has 0 heterocycles. The number of carbonyl (C=O) groups excluding carboxylic acids is 1. The van der Waals surface area contributed by atoms with Crippen molar-refractivity contribution in [2.45, 2.75) is 37.3 Å². The van der Waals surface area contributed by atoms with Crippen LogP contribution in [0.4, 0.5) is 0 Å². The quantitative estimate of drug-likeness (QED) is 0.394. The molecule has 4 N–H and O–H groups in total. The van der Waals surface area contributed by atoms with E-state index in [9.17, 15) is 20.1 Å². The Kier molecular flexibility index (Phi) is 4.93. The van der Waals surface area contributed by atoms with Crippen LogP contribution in [0, 0.1) is 0 Å². The van der Waals surface area contributed by atoms with E-state index in [1.807, 2.05) is 0 Å². The van der Waals surface area contributed by atoms with E-state index in [4.69, 9.17) is 5.11 Å². The smallest absolute Gasteiger partial charge is 0.236 e. The molecule has 0 aromatic rings. The van der Waals surface area contributed by atoms with Gasteiger partial charge in [0.15, 0.2) is 5.60 Å². The van der Waals surface area contributed by atoms with E-state index < -0.39 is 23.9 Å². The molecule has 5 heteroatoms. The van der Waals surface area contributed by atoms with Crippen LogP contribution in [0.3, 0.4) is 0 Å². The summed E-state index contributed by atoms with van der Waals surface area (Å²) in [4.78, 5) is 10.4. The molecule has 0 unspecified atom stereocenters. The summed E-state index contributed by atoms with van der Waals surface area (Å²) < 4.78 is 0. The second kappa shape index (κ2) is 5.21. The second-order valence-corrected chi connectivity index (χ2v) is 3.20. The zero-order chi connectivity index (χ0) is 11.4. The summed E-state index contributed by atoms with van der Waals surface area (Å²) in [6.07, 6.45) is -2.47. The van der Waals surface area contributed by atoms with Gasteiger partial charge in [-0.3, -0.25) is 4.79 Å². The van der Waals surface area contributed by atoms with Crippen molar-refractivity contribution >= 4 is 6.29 Å². The van der Waals surface area contributed by atoms with E-state index >= 15 is 0 Å². The third-order valence-electron chi connectivity index (χ3n) is 1.94. The van der Waals surface area contributed by atoms with Gasteiger partial charge in [0.25, 0.3) is 0 Å². The van der Waals surface area contributed by atoms with Crippen molar-refractivity contribution in [1.82, 2.24) is 0 Å². The zero-order valence-electron chi connectivity index (χ0n) is 7.92. The molecule has 14 heavy (non-hydrogen) atoms. The van der Waals surface area contributed by atoms with Gasteiger partial charge < -0.3 is 20.4 Å². The summed E-state index contributed by atoms with van der Waals surface area (Å²) >= 11 is 0. The first-order valence-electron chi connectivity index (χ1n) is 4.16. The minimum Gasteiger partial charge on any atom is -0.391 e. The molecule has 5 nitrogen and oxygen atoms in total. The Morgan fingerprint density at radius 3 is 2.29 bits per heavy atom. The van der Waals surface area contributed by atoms with Gasteiger partial charge in [-0.2, -0.15) is 0 Å². The maximum Gasteiger partial charge on any atom is 0.236 e. The van der Waals surface area contributed by atoms with Gasteiger partial charge in [0, 0.05) is 6.42 Å². The summed E-state index contributed by atoms with van der Waals surface area (Å²) in [6.45, 7) is 4.52. The Morgan fingerprint density at radius 1 is 1.50 bits per heavy atom. The average molecular weight is 203 g/mol. The van der Waals surface area contributed by atoms with Crippen LogP contribution in [0.2, 0.25) is 0 Å². The van der Waals surface area contributed by atoms with Crippen LogP contribution >= 0.6 is 0 Å². The molecule has 0 rings (SSSR count). The second-order valence-electron chi connectivity index (χ2n) is 3.20. The van der Waals surface area contributed by atoms with Gasteiger partial charge in [0.2, 0.25) is 6.29 Å². The highest BCUT2D eigenvalue weighted by Gasteiger charge is 2.41. The lowest BCUT2D eigenvalue weighted by Gasteiger charge is -2.30. The lowest BCUT2D eigenvalue weighted by Crippen LogP contribution is -2.53. The lowest BCUT2D eigenvalue weighted by atomic mass is 9.89. The first kappa shape index (κ1) is 13.2. The number of aliphatic hydroxyl groups is 4. The maximum atomic E-state index is 10.4. The number of rotatable bonds is 6. The van der Waals surface area contributed by atoms with E-state index in [0.29, 0.717) is 0 Å². The Morgan fingerprint density at radius 2 is 2.00 bits per heavy atom. The normalized spacial score (nSPS) is 21.8. The molecular weight excluding hydrogens is 188 g/mol. The third-order valence-corrected chi connectivity index (χ3v) is 1.94. The number of hydrogen-bond acceptors (Lipinski definition) is 5. The summed E-state index contributed by atoms with van der Waals surface area (Å²) in [5, 5.41) is 37.0. The molecule has 0 aliphatic rings. The van der Waals surface area contributed by atoms with Gasteiger partial charge in [-0.05, 0) is 6.92 Å². The fraction of sp³-hybridized carbons (Fsp3) is 0.667. The van der Waals surface area contributed by atoms with Gasteiger partial charge in [0.1, 0.15) is 12.2 Å². The fourth-order valence-corrected chi connectivity index (χ4v) is 0.989. The topological polar surface area (TPSA) is 98.0 Å². The van der Waals surface area contributed by atoms with E-state index in [-0.39, 0.29) is 6.42 Å². The Labute approximate surface area is 82.3 Å². The molecule has 0 aliphatic heterocycles. The Hall–Kier alpha value is -0.750. The molecule has 4 atom stereocenters. The third kappa shape index (κ3) is 2.88. The SMILES string of the molecule is C=CC[C@](O)([C]=O)[C@@H](O)[C@H](O)[C@@H](C)O. The average Bonchev–Trinajstić information content (AvgIpc) is 2.15. The Bertz CT molecular complexity index is 203. The van der Waals surface area contributed by atoms with Gasteiger partial charge >= 0.3 is 0 Å². The van der Waals surface area contributed by atoms with Gasteiger partial charge in [0.05, 0.1) is 6.10 Å². The molecule has 0 bridgehead atoms. The predicted octanol–water partition coefficient (Wildman–Crippen LogP) is -1.49. The van der Waals surface area contributed by atoms with Crippen LogP contribution in [0.5, 0.6) is 0 Å². The van der Waals surface area contributed by atoms with E-state index in [2.05, 4.69) is 6.58 Å². The summed E-state index contributed by atoms with van der Waals surface area (Å²) in [5.41, 5.74) is -2.22. The van der Waals surface area contributed by atoms with Crippen LogP contribution in [0.15, 0.2) is 12.7 Å². The predicted molar refractivity (Wildman–Crippen MR) is 49.2 cm³/mol. The first-order chi connectivity index (χ1) is 6.39. The fourth-order valence-electron chi connectivity index (χ4n) is 0.989. The maximum absolute atomic E-state index is 10.4. The van der Waals surface area contributed by atoms with Crippen molar-refractivity contribution in [3.63, 3.8) is 0 Å². The van der Waals surface area contributed by atoms with E-state index in [1.165, 1.54) is 19.3 Å². The zero-order valence-corrected chi connectivity index (χ0v) is 7.92. The van der Waals surface area contributed by atoms with Crippen molar-refractivity contribution in [3.05, 3.63) is 12.7 Å². The standard InChI is InChI=1S/C9H15O5/c1-3-4-9(14,5-10)8(13)7(12)6(2)11/h3,6-8,11-14H,1,4H2,2H3/t6-,7-,8+,9+/m1/s1. The largest absolute Gasteiger partial charge is 0.391 e. The highest BCUT2D eigenvalue weighted by molar-refractivity contribution is 5.64. The van der Waals surface area contributed by atoms with Crippen molar-refractivity contribution < 1.29 is 25.2 Å². The number of hydrogen-bond donors (Lipinski definition) is 4. The molecule has 1 radical (unpaired) electrons. The van der Waals surface area contributed by atoms with Crippen LogP contribution in [0.25, 0.3) is 0 Å². The molecule has 0 aromatic heterocycles. The van der Waals surface area contributed by atoms with Crippen molar-refractivity contribution in [3.8, 4) is 0 Å². The lowest BCUT2D eigenvalue weighted by molar-refractivity contribution is -0.120. The monoisotopic (exact) mass is 203 g/mol. The molecule has 0 spiro atoms. The van der Waals surface area contributed by atoms with Crippen molar-refractivity contribution in [2.75, 3.05) is 0 Å². The molecular formula is C9H15O5. The van der Waals surface area contributed by atoms with E-state index in [1.54, 1.807) is 0 Å². The molecule has 0 aromatic carbocycles. The molecule has 0 saturated heterocycles. The van der Waals surface area contributed by atoms with Crippen LogP contribution in [-0.4, -0.2) is 50.6 Å². The van der Waals surface area contributed by atoms with Crippen LogP contribution < -0.4 is 0 Å². The summed E-state index contributed by atoms with van der Waals surface area (Å²) in [5.74, 6) is 0. The van der Waals surface area contributed by atoms with Crippen LogP contribution in [0.1, 0.15) is 13.3 Å². The minimum atomic E-state index is -2.22. The summed E-state index contributed by atoms with van der Waals surface area (Å²) in [7, 11) is 0. The van der Waals surface area contributed by atoms with Crippen LogP contribution in [-0.2, 0) is 4.79 Å². The molecule has 0 amide bonds. The molecule has 81 valence electrons. The van der Waals surface area contributed by atoms with E-state index in [0.717, 1.165) is 0 Å². The van der Waals surface area contributed by atoms with Crippen molar-refractivity contribution in [1.29, 1.82) is 0 Å². The molecule has 0 fully saturated rings. The number of aliphatic hydroxyl groups excluding tert-OH is 3. The van der Waals surface area contributed by atoms with Gasteiger partial charge in [-0.15, -0.1) is 6.58 Å².